The van der Waals surface area contributed by atoms with Gasteiger partial charge >= 0.3 is 0 Å². The highest BCUT2D eigenvalue weighted by molar-refractivity contribution is 5.91. The third-order valence-corrected chi connectivity index (χ3v) is 1.40. The van der Waals surface area contributed by atoms with E-state index in [4.69, 9.17) is 4.52 Å². The van der Waals surface area contributed by atoms with Gasteiger partial charge in [0.2, 0.25) is 5.76 Å². The molecule has 13 heavy (non-hydrogen) atoms. The normalized spacial score (nSPS) is 9.69. The standard InChI is InChI=1S/C9H12N2O2/c1-6(2)5-10-9(12)8-4-7(3)11-13-8/h4H,1,5H2,2-3H3,(H,10,12). The molecule has 0 aromatic carbocycles. The third-order valence-electron chi connectivity index (χ3n) is 1.40. The van der Waals surface area contributed by atoms with Crippen molar-refractivity contribution in [3.05, 3.63) is 29.7 Å². The minimum Gasteiger partial charge on any atom is -0.351 e. The molecule has 0 aliphatic carbocycles. The highest BCUT2D eigenvalue weighted by atomic mass is 16.5. The van der Waals surface area contributed by atoms with Crippen molar-refractivity contribution < 1.29 is 9.32 Å². The van der Waals surface area contributed by atoms with Crippen molar-refractivity contribution >= 4 is 5.91 Å². The molecule has 1 heterocycles. The molecular weight excluding hydrogens is 168 g/mol. The van der Waals surface area contributed by atoms with E-state index in [-0.39, 0.29) is 11.7 Å². The van der Waals surface area contributed by atoms with Gasteiger partial charge in [-0.15, -0.1) is 0 Å². The van der Waals surface area contributed by atoms with Crippen molar-refractivity contribution in [3.63, 3.8) is 0 Å². The molecule has 0 fully saturated rings. The Hall–Kier alpha value is -1.58. The summed E-state index contributed by atoms with van der Waals surface area (Å²) in [5.41, 5.74) is 1.59. The number of nitrogens with one attached hydrogen (secondary N) is 1. The van der Waals surface area contributed by atoms with Crippen LogP contribution in [-0.2, 0) is 0 Å². The number of aryl methyl sites for hydroxylation is 1. The fourth-order valence-corrected chi connectivity index (χ4v) is 0.789. The second kappa shape index (κ2) is 3.89. The molecule has 0 spiro atoms. The van der Waals surface area contributed by atoms with Gasteiger partial charge in [-0.25, -0.2) is 0 Å². The molecule has 4 heteroatoms. The lowest BCUT2D eigenvalue weighted by molar-refractivity contribution is 0.0920. The molecule has 0 radical (unpaired) electrons. The summed E-state index contributed by atoms with van der Waals surface area (Å²) in [5.74, 6) is -0.0256. The van der Waals surface area contributed by atoms with E-state index in [2.05, 4.69) is 17.1 Å². The van der Waals surface area contributed by atoms with Gasteiger partial charge < -0.3 is 9.84 Å². The molecule has 0 saturated heterocycles. The number of amides is 1. The van der Waals surface area contributed by atoms with Crippen molar-refractivity contribution in [1.29, 1.82) is 0 Å². The van der Waals surface area contributed by atoms with Crippen LogP contribution in [0.15, 0.2) is 22.7 Å². The molecule has 0 aliphatic heterocycles. The number of carbonyl (C=O) groups excluding carboxylic acids is 1. The van der Waals surface area contributed by atoms with Crippen LogP contribution in [0.1, 0.15) is 23.2 Å². The van der Waals surface area contributed by atoms with Gasteiger partial charge in [0, 0.05) is 12.6 Å². The molecule has 70 valence electrons. The van der Waals surface area contributed by atoms with E-state index in [1.165, 1.54) is 0 Å². The van der Waals surface area contributed by atoms with Crippen LogP contribution >= 0.6 is 0 Å². The molecule has 1 N–H and O–H groups in total. The zero-order valence-corrected chi connectivity index (χ0v) is 7.76. The van der Waals surface area contributed by atoms with E-state index in [0.717, 1.165) is 5.57 Å². The van der Waals surface area contributed by atoms with Crippen LogP contribution in [0.4, 0.5) is 0 Å². The Kier molecular flexibility index (Phi) is 2.84. The third kappa shape index (κ3) is 2.74. The number of hydrogen-bond donors (Lipinski definition) is 1. The quantitative estimate of drug-likeness (QED) is 0.713. The van der Waals surface area contributed by atoms with E-state index < -0.39 is 0 Å². The molecule has 0 bridgehead atoms. The fraction of sp³-hybridized carbons (Fsp3) is 0.333. The maximum atomic E-state index is 11.3. The van der Waals surface area contributed by atoms with Gasteiger partial charge in [0.05, 0.1) is 5.69 Å². The van der Waals surface area contributed by atoms with Crippen LogP contribution in [-0.4, -0.2) is 17.6 Å². The lowest BCUT2D eigenvalue weighted by Crippen LogP contribution is -2.24. The molecular formula is C9H12N2O2. The van der Waals surface area contributed by atoms with Gasteiger partial charge in [0.1, 0.15) is 0 Å². The lowest BCUT2D eigenvalue weighted by atomic mass is 10.3. The van der Waals surface area contributed by atoms with Crippen molar-refractivity contribution in [2.45, 2.75) is 13.8 Å². The Morgan fingerprint density at radius 2 is 2.46 bits per heavy atom. The first kappa shape index (κ1) is 9.51. The first-order valence-corrected chi connectivity index (χ1v) is 3.95. The van der Waals surface area contributed by atoms with E-state index >= 15 is 0 Å². The SMILES string of the molecule is C=C(C)CNC(=O)c1cc(C)no1. The molecule has 1 rings (SSSR count). The van der Waals surface area contributed by atoms with Gasteiger partial charge in [-0.1, -0.05) is 17.3 Å². The molecule has 0 aliphatic rings. The summed E-state index contributed by atoms with van der Waals surface area (Å²) in [4.78, 5) is 11.3. The molecule has 4 nitrogen and oxygen atoms in total. The number of carbonyl (C=O) groups is 1. The van der Waals surface area contributed by atoms with Crippen LogP contribution in [0.2, 0.25) is 0 Å². The Morgan fingerprint density at radius 1 is 1.77 bits per heavy atom. The highest BCUT2D eigenvalue weighted by Gasteiger charge is 2.09. The Balaban J connectivity index is 2.54. The lowest BCUT2D eigenvalue weighted by Gasteiger charge is -1.99. The monoisotopic (exact) mass is 180 g/mol. The first-order chi connectivity index (χ1) is 6.09. The number of nitrogens with zero attached hydrogens (tertiary/aromatic N) is 1. The van der Waals surface area contributed by atoms with E-state index in [0.29, 0.717) is 12.2 Å². The van der Waals surface area contributed by atoms with Crippen molar-refractivity contribution in [1.82, 2.24) is 10.5 Å². The Morgan fingerprint density at radius 3 is 2.92 bits per heavy atom. The van der Waals surface area contributed by atoms with Gasteiger partial charge in [-0.2, -0.15) is 0 Å². The summed E-state index contributed by atoms with van der Waals surface area (Å²) >= 11 is 0. The Labute approximate surface area is 76.6 Å². The van der Waals surface area contributed by atoms with Crippen LogP contribution < -0.4 is 5.32 Å². The number of aromatic nitrogens is 1. The zero-order valence-electron chi connectivity index (χ0n) is 7.76. The molecule has 1 aromatic heterocycles. The predicted molar refractivity (Wildman–Crippen MR) is 48.4 cm³/mol. The maximum absolute atomic E-state index is 11.3. The highest BCUT2D eigenvalue weighted by Crippen LogP contribution is 2.01. The minimum absolute atomic E-state index is 0.235. The van der Waals surface area contributed by atoms with E-state index in [1.807, 2.05) is 6.92 Å². The average Bonchev–Trinajstić information content (AvgIpc) is 2.47. The fourth-order valence-electron chi connectivity index (χ4n) is 0.789. The number of rotatable bonds is 3. The van der Waals surface area contributed by atoms with Crippen LogP contribution in [0.5, 0.6) is 0 Å². The molecule has 0 saturated carbocycles. The largest absolute Gasteiger partial charge is 0.351 e. The molecule has 1 aromatic rings. The topological polar surface area (TPSA) is 55.1 Å². The molecule has 0 unspecified atom stereocenters. The predicted octanol–water partition coefficient (Wildman–Crippen LogP) is 1.29. The van der Waals surface area contributed by atoms with Gasteiger partial charge in [-0.3, -0.25) is 4.79 Å². The van der Waals surface area contributed by atoms with Crippen LogP contribution in [0, 0.1) is 6.92 Å². The van der Waals surface area contributed by atoms with Crippen LogP contribution in [0.25, 0.3) is 0 Å². The summed E-state index contributed by atoms with van der Waals surface area (Å²) < 4.78 is 4.77. The second-order valence-electron chi connectivity index (χ2n) is 2.97. The van der Waals surface area contributed by atoms with Crippen molar-refractivity contribution in [2.75, 3.05) is 6.54 Å². The second-order valence-corrected chi connectivity index (χ2v) is 2.97. The van der Waals surface area contributed by atoms with Gasteiger partial charge in [0.15, 0.2) is 0 Å². The first-order valence-electron chi connectivity index (χ1n) is 3.95. The van der Waals surface area contributed by atoms with Crippen molar-refractivity contribution in [3.8, 4) is 0 Å². The Bertz CT molecular complexity index is 328. The minimum atomic E-state index is -0.261. The average molecular weight is 180 g/mol. The van der Waals surface area contributed by atoms with E-state index in [1.54, 1.807) is 13.0 Å². The van der Waals surface area contributed by atoms with Crippen molar-refractivity contribution in [2.24, 2.45) is 0 Å². The number of hydrogen-bond acceptors (Lipinski definition) is 3. The summed E-state index contributed by atoms with van der Waals surface area (Å²) in [6, 6.07) is 1.59. The summed E-state index contributed by atoms with van der Waals surface area (Å²) in [6.45, 7) is 7.72. The summed E-state index contributed by atoms with van der Waals surface area (Å²) in [7, 11) is 0. The van der Waals surface area contributed by atoms with E-state index in [9.17, 15) is 4.79 Å². The molecule has 0 atom stereocenters. The zero-order chi connectivity index (χ0) is 9.84. The summed E-state index contributed by atoms with van der Waals surface area (Å²) in [6.07, 6.45) is 0. The summed E-state index contributed by atoms with van der Waals surface area (Å²) in [5, 5.41) is 6.25. The smallest absolute Gasteiger partial charge is 0.290 e. The van der Waals surface area contributed by atoms with Gasteiger partial charge in [0.25, 0.3) is 5.91 Å². The maximum Gasteiger partial charge on any atom is 0.290 e. The van der Waals surface area contributed by atoms with Gasteiger partial charge in [-0.05, 0) is 13.8 Å². The molecule has 1 amide bonds. The van der Waals surface area contributed by atoms with Crippen LogP contribution in [0.3, 0.4) is 0 Å².